The standard InChI is InChI=1S/C21H20ClN5O2S/c1-21(2,3)14-4-6-15(7-5-14)30(28,29)27-17-9-8-16(22)19(25-17)20-18(26-20)13-10-23-12-24-11-13/h4-12,20H,1-3H3,(H,25,27). The van der Waals surface area contributed by atoms with Gasteiger partial charge in [0.2, 0.25) is 0 Å². The summed E-state index contributed by atoms with van der Waals surface area (Å²) in [5, 5.41) is 0.410. The highest BCUT2D eigenvalue weighted by Gasteiger charge is 2.34. The first-order valence-electron chi connectivity index (χ1n) is 9.28. The van der Waals surface area contributed by atoms with E-state index in [4.69, 9.17) is 11.6 Å². The molecule has 0 aliphatic carbocycles. The Labute approximate surface area is 180 Å². The first kappa shape index (κ1) is 20.4. The lowest BCUT2D eigenvalue weighted by Crippen LogP contribution is -2.16. The summed E-state index contributed by atoms with van der Waals surface area (Å²) >= 11 is 6.29. The van der Waals surface area contributed by atoms with Crippen LogP contribution in [0.4, 0.5) is 5.82 Å². The van der Waals surface area contributed by atoms with E-state index in [9.17, 15) is 8.42 Å². The molecule has 4 rings (SSSR count). The van der Waals surface area contributed by atoms with Crippen LogP contribution in [-0.2, 0) is 15.4 Å². The summed E-state index contributed by atoms with van der Waals surface area (Å²) in [6, 6.07) is 9.63. The molecule has 1 atom stereocenters. The topological polar surface area (TPSA) is 97.2 Å². The van der Waals surface area contributed by atoms with Crippen molar-refractivity contribution in [1.82, 2.24) is 15.0 Å². The van der Waals surface area contributed by atoms with E-state index in [-0.39, 0.29) is 22.2 Å². The lowest BCUT2D eigenvalue weighted by molar-refractivity contribution is 0.587. The van der Waals surface area contributed by atoms with Crippen molar-refractivity contribution in [3.05, 3.63) is 77.0 Å². The molecule has 0 amide bonds. The third-order valence-electron chi connectivity index (χ3n) is 4.72. The number of aliphatic imine (C=N–C) groups is 1. The van der Waals surface area contributed by atoms with Gasteiger partial charge in [-0.05, 0) is 35.2 Å². The molecule has 3 aromatic rings. The van der Waals surface area contributed by atoms with Gasteiger partial charge in [0, 0.05) is 18.0 Å². The average Bonchev–Trinajstić information content (AvgIpc) is 3.50. The summed E-state index contributed by atoms with van der Waals surface area (Å²) in [6.07, 6.45) is 4.76. The fourth-order valence-electron chi connectivity index (χ4n) is 2.99. The third-order valence-corrected chi connectivity index (χ3v) is 6.41. The normalized spacial score (nSPS) is 16.1. The number of halogens is 1. The van der Waals surface area contributed by atoms with Gasteiger partial charge in [0.1, 0.15) is 18.2 Å². The Hall–Kier alpha value is -2.84. The second-order valence-corrected chi connectivity index (χ2v) is 10.1. The van der Waals surface area contributed by atoms with Crippen LogP contribution in [0.2, 0.25) is 5.02 Å². The van der Waals surface area contributed by atoms with Crippen molar-refractivity contribution in [2.75, 3.05) is 4.72 Å². The number of rotatable bonds is 5. The largest absolute Gasteiger partial charge is 0.270 e. The molecule has 1 aliphatic heterocycles. The smallest absolute Gasteiger partial charge is 0.263 e. The summed E-state index contributed by atoms with van der Waals surface area (Å²) in [5.41, 5.74) is 3.03. The van der Waals surface area contributed by atoms with Gasteiger partial charge in [-0.15, -0.1) is 0 Å². The van der Waals surface area contributed by atoms with E-state index >= 15 is 0 Å². The quantitative estimate of drug-likeness (QED) is 0.640. The maximum atomic E-state index is 12.8. The number of sulfonamides is 1. The second kappa shape index (κ2) is 7.45. The zero-order chi connectivity index (χ0) is 21.5. The zero-order valence-electron chi connectivity index (χ0n) is 16.7. The molecule has 0 saturated carbocycles. The van der Waals surface area contributed by atoms with Crippen LogP contribution in [-0.4, -0.2) is 29.1 Å². The monoisotopic (exact) mass is 441 g/mol. The molecule has 1 unspecified atom stereocenters. The molecule has 9 heteroatoms. The number of anilines is 1. The first-order valence-corrected chi connectivity index (χ1v) is 11.1. The number of nitrogens with one attached hydrogen (secondary N) is 1. The minimum absolute atomic E-state index is 0.0614. The van der Waals surface area contributed by atoms with E-state index < -0.39 is 10.0 Å². The van der Waals surface area contributed by atoms with Crippen LogP contribution in [0, 0.1) is 0 Å². The summed E-state index contributed by atoms with van der Waals surface area (Å²) in [5.74, 6) is 0.181. The number of hydrogen-bond acceptors (Lipinski definition) is 6. The highest BCUT2D eigenvalue weighted by atomic mass is 35.5. The summed E-state index contributed by atoms with van der Waals surface area (Å²) in [7, 11) is -3.79. The maximum absolute atomic E-state index is 12.8. The molecule has 154 valence electrons. The van der Waals surface area contributed by atoms with Crippen LogP contribution in [0.1, 0.15) is 43.6 Å². The summed E-state index contributed by atoms with van der Waals surface area (Å²) < 4.78 is 28.1. The van der Waals surface area contributed by atoms with Crippen molar-refractivity contribution >= 4 is 33.2 Å². The molecule has 0 fully saturated rings. The van der Waals surface area contributed by atoms with Gasteiger partial charge in [0.15, 0.2) is 0 Å². The Balaban J connectivity index is 1.55. The Morgan fingerprint density at radius 2 is 1.67 bits per heavy atom. The van der Waals surface area contributed by atoms with Crippen LogP contribution < -0.4 is 4.72 Å². The van der Waals surface area contributed by atoms with E-state index in [0.717, 1.165) is 16.8 Å². The van der Waals surface area contributed by atoms with Crippen LogP contribution in [0.15, 0.2) is 65.0 Å². The summed E-state index contributed by atoms with van der Waals surface area (Å²) in [4.78, 5) is 16.9. The van der Waals surface area contributed by atoms with Gasteiger partial charge in [0.25, 0.3) is 10.0 Å². The van der Waals surface area contributed by atoms with Gasteiger partial charge in [0.05, 0.1) is 21.3 Å². The highest BCUT2D eigenvalue weighted by molar-refractivity contribution is 7.92. The van der Waals surface area contributed by atoms with E-state index in [1.165, 1.54) is 12.4 Å². The Kier molecular flexibility index (Phi) is 5.07. The van der Waals surface area contributed by atoms with Crippen molar-refractivity contribution in [3.8, 4) is 0 Å². The van der Waals surface area contributed by atoms with Gasteiger partial charge in [-0.1, -0.05) is 44.5 Å². The van der Waals surface area contributed by atoms with Gasteiger partial charge in [-0.25, -0.2) is 23.4 Å². The number of aromatic nitrogens is 3. The molecular formula is C21H20ClN5O2S. The minimum atomic E-state index is -3.79. The Morgan fingerprint density at radius 3 is 2.30 bits per heavy atom. The average molecular weight is 442 g/mol. The lowest BCUT2D eigenvalue weighted by atomic mass is 9.87. The molecule has 1 aliphatic rings. The van der Waals surface area contributed by atoms with Crippen molar-refractivity contribution in [3.63, 3.8) is 0 Å². The van der Waals surface area contributed by atoms with Crippen LogP contribution in [0.25, 0.3) is 0 Å². The van der Waals surface area contributed by atoms with Crippen molar-refractivity contribution in [1.29, 1.82) is 0 Å². The van der Waals surface area contributed by atoms with E-state index in [1.54, 1.807) is 30.6 Å². The first-order chi connectivity index (χ1) is 14.1. The molecule has 7 nitrogen and oxygen atoms in total. The second-order valence-electron chi connectivity index (χ2n) is 7.99. The highest BCUT2D eigenvalue weighted by Crippen LogP contribution is 2.37. The van der Waals surface area contributed by atoms with Gasteiger partial charge < -0.3 is 0 Å². The number of hydrogen-bond donors (Lipinski definition) is 1. The van der Waals surface area contributed by atoms with E-state index in [2.05, 4.69) is 45.4 Å². The molecule has 0 bridgehead atoms. The molecule has 3 heterocycles. The van der Waals surface area contributed by atoms with Gasteiger partial charge >= 0.3 is 0 Å². The molecule has 1 aromatic carbocycles. The minimum Gasteiger partial charge on any atom is -0.270 e. The SMILES string of the molecule is CC(C)(C)c1ccc(S(=O)(=O)Nc2ccc(Cl)c(C3N=C3c3cncnc3)n2)cc1. The van der Waals surface area contributed by atoms with Crippen LogP contribution in [0.5, 0.6) is 0 Å². The third kappa shape index (κ3) is 4.20. The summed E-state index contributed by atoms with van der Waals surface area (Å²) in [6.45, 7) is 6.22. The molecule has 1 N–H and O–H groups in total. The predicted molar refractivity (Wildman–Crippen MR) is 117 cm³/mol. The predicted octanol–water partition coefficient (Wildman–Crippen LogP) is 4.17. The Bertz CT molecular complexity index is 1220. The molecular weight excluding hydrogens is 422 g/mol. The van der Waals surface area contributed by atoms with E-state index in [0.29, 0.717) is 10.7 Å². The number of pyridine rings is 1. The molecule has 0 radical (unpaired) electrons. The zero-order valence-corrected chi connectivity index (χ0v) is 18.2. The van der Waals surface area contributed by atoms with Gasteiger partial charge in [-0.2, -0.15) is 0 Å². The molecule has 2 aromatic heterocycles. The van der Waals surface area contributed by atoms with Crippen LogP contribution >= 0.6 is 11.6 Å². The van der Waals surface area contributed by atoms with Crippen molar-refractivity contribution in [2.45, 2.75) is 37.1 Å². The number of nitrogens with zero attached hydrogens (tertiary/aromatic N) is 4. The fraction of sp³-hybridized carbons (Fsp3) is 0.238. The van der Waals surface area contributed by atoms with Crippen LogP contribution in [0.3, 0.4) is 0 Å². The van der Waals surface area contributed by atoms with Gasteiger partial charge in [-0.3, -0.25) is 9.71 Å². The molecule has 0 saturated heterocycles. The van der Waals surface area contributed by atoms with E-state index in [1.807, 2.05) is 12.1 Å². The molecule has 30 heavy (non-hydrogen) atoms. The maximum Gasteiger partial charge on any atom is 0.263 e. The number of benzene rings is 1. The fourth-order valence-corrected chi connectivity index (χ4v) is 4.20. The Morgan fingerprint density at radius 1 is 1.00 bits per heavy atom. The lowest BCUT2D eigenvalue weighted by Gasteiger charge is -2.19. The molecule has 0 spiro atoms. The van der Waals surface area contributed by atoms with Crippen molar-refractivity contribution < 1.29 is 8.42 Å². The van der Waals surface area contributed by atoms with Crippen molar-refractivity contribution in [2.24, 2.45) is 4.99 Å².